The van der Waals surface area contributed by atoms with Gasteiger partial charge in [0, 0.05) is 6.61 Å². The van der Waals surface area contributed by atoms with Crippen LogP contribution in [0.4, 0.5) is 0 Å². The number of hydrogen-bond donors (Lipinski definition) is 0. The summed E-state index contributed by atoms with van der Waals surface area (Å²) in [7, 11) is 0. The molecule has 0 aromatic carbocycles. The molecule has 0 aliphatic rings. The van der Waals surface area contributed by atoms with E-state index in [1.165, 1.54) is 0 Å². The van der Waals surface area contributed by atoms with Crippen molar-refractivity contribution in [2.75, 3.05) is 13.2 Å². The molecule has 0 radical (unpaired) electrons. The number of ether oxygens (including phenoxy) is 1. The van der Waals surface area contributed by atoms with E-state index in [1.807, 2.05) is 0 Å². The van der Waals surface area contributed by atoms with Crippen molar-refractivity contribution in [1.29, 1.82) is 0 Å². The molecular weight excluding hydrogens is 186 g/mol. The van der Waals surface area contributed by atoms with Gasteiger partial charge < -0.3 is 11.7 Å². The van der Waals surface area contributed by atoms with E-state index in [1.54, 1.807) is 0 Å². The van der Waals surface area contributed by atoms with Crippen molar-refractivity contribution in [2.45, 2.75) is 20.8 Å². The molecule has 0 spiro atoms. The van der Waals surface area contributed by atoms with Gasteiger partial charge in [-0.05, 0) is 5.41 Å². The number of hydrogen-bond acceptors (Lipinski definition) is 1. The van der Waals surface area contributed by atoms with Crippen LogP contribution in [-0.4, -0.2) is 13.2 Å². The van der Waals surface area contributed by atoms with E-state index in [-0.39, 0.29) is 63.6 Å². The Labute approximate surface area is 107 Å². The summed E-state index contributed by atoms with van der Waals surface area (Å²) in [5.41, 5.74) is 0.289. The average molecular weight is 201 g/mol. The van der Waals surface area contributed by atoms with Crippen LogP contribution in [0, 0.1) is 12.3 Å². The fourth-order valence-electron chi connectivity index (χ4n) is 0.378. The van der Waals surface area contributed by atoms with Crippen LogP contribution in [0.1, 0.15) is 20.8 Å². The molecule has 0 saturated carbocycles. The molecule has 0 bridgehead atoms. The first-order valence-electron chi connectivity index (χ1n) is 2.93. The molecule has 0 saturated heterocycles. The molecule has 0 aliphatic heterocycles. The first-order chi connectivity index (χ1) is 3.56. The predicted molar refractivity (Wildman–Crippen MR) is 35.6 cm³/mol. The summed E-state index contributed by atoms with van der Waals surface area (Å²) in [5, 5.41) is 0. The van der Waals surface area contributed by atoms with Gasteiger partial charge in [-0.15, -0.1) is 0 Å². The van der Waals surface area contributed by atoms with Crippen molar-refractivity contribution < 1.29 is 62.9 Å². The van der Waals surface area contributed by atoms with Gasteiger partial charge in [0.25, 0.3) is 0 Å². The molecule has 0 N–H and O–H groups in total. The van der Waals surface area contributed by atoms with Crippen LogP contribution >= 0.6 is 0 Å². The Bertz CT molecular complexity index is 56.4. The van der Waals surface area contributed by atoms with E-state index < -0.39 is 0 Å². The van der Waals surface area contributed by atoms with E-state index in [0.717, 1.165) is 6.61 Å². The maximum Gasteiger partial charge on any atom is 1.00 e. The molecule has 0 atom stereocenters. The fourth-order valence-corrected chi connectivity index (χ4v) is 0.378. The minimum Gasteiger partial charge on any atom is -0.413 e. The van der Waals surface area contributed by atoms with Gasteiger partial charge in [0.05, 0.1) is 0 Å². The molecule has 2 heteroatoms. The molecular formula is C7H15ORb. The van der Waals surface area contributed by atoms with Gasteiger partial charge >= 0.3 is 58.2 Å². The second-order valence-corrected chi connectivity index (χ2v) is 3.11. The monoisotopic (exact) mass is 200 g/mol. The van der Waals surface area contributed by atoms with E-state index >= 15 is 0 Å². The molecule has 1 nitrogen and oxygen atoms in total. The molecule has 0 unspecified atom stereocenters. The molecule has 0 aromatic heterocycles. The van der Waals surface area contributed by atoms with Crippen molar-refractivity contribution in [3.63, 3.8) is 0 Å². The largest absolute Gasteiger partial charge is 1.00 e. The third-order valence-corrected chi connectivity index (χ3v) is 0.679. The van der Waals surface area contributed by atoms with Crippen molar-refractivity contribution in [2.24, 2.45) is 5.41 Å². The second-order valence-electron chi connectivity index (χ2n) is 3.11. The predicted octanol–water partition coefficient (Wildman–Crippen LogP) is -1.11. The average Bonchev–Trinajstić information content (AvgIpc) is 1.59. The Hall–Kier alpha value is 1.77. The smallest absolute Gasteiger partial charge is 0.413 e. The molecule has 0 heterocycles. The quantitative estimate of drug-likeness (QED) is 0.514. The van der Waals surface area contributed by atoms with Gasteiger partial charge in [0.1, 0.15) is 0 Å². The standard InChI is InChI=1S/C7H15O.Rb/c1-5-8-6-7(2,3)4;/h1,5-6H2,2-4H3;/q-1;+1. The van der Waals surface area contributed by atoms with Crippen LogP contribution in [0.3, 0.4) is 0 Å². The van der Waals surface area contributed by atoms with Gasteiger partial charge in [-0.2, -0.15) is 0 Å². The minimum atomic E-state index is 0. The normalized spacial score (nSPS) is 10.7. The molecule has 0 rings (SSSR count). The first-order valence-corrected chi connectivity index (χ1v) is 2.93. The zero-order valence-electron chi connectivity index (χ0n) is 7.03. The molecule has 0 amide bonds. The van der Waals surface area contributed by atoms with Gasteiger partial charge in [-0.25, -0.2) is 0 Å². The zero-order chi connectivity index (χ0) is 6.62. The van der Waals surface area contributed by atoms with E-state index in [9.17, 15) is 0 Å². The van der Waals surface area contributed by atoms with E-state index in [4.69, 9.17) is 4.74 Å². The van der Waals surface area contributed by atoms with Crippen molar-refractivity contribution in [1.82, 2.24) is 0 Å². The summed E-state index contributed by atoms with van der Waals surface area (Å²) in [6, 6.07) is 0. The Balaban J connectivity index is 0. The van der Waals surface area contributed by atoms with Gasteiger partial charge in [0.15, 0.2) is 0 Å². The Morgan fingerprint density at radius 2 is 1.78 bits per heavy atom. The third kappa shape index (κ3) is 12.9. The summed E-state index contributed by atoms with van der Waals surface area (Å²) in [5.74, 6) is 0. The van der Waals surface area contributed by atoms with Crippen molar-refractivity contribution >= 4 is 0 Å². The summed E-state index contributed by atoms with van der Waals surface area (Å²) in [4.78, 5) is 0. The number of rotatable bonds is 2. The second kappa shape index (κ2) is 6.47. The van der Waals surface area contributed by atoms with Crippen LogP contribution in [0.2, 0.25) is 0 Å². The summed E-state index contributed by atoms with van der Waals surface area (Å²) in [6.45, 7) is 11.4. The maximum atomic E-state index is 5.09. The van der Waals surface area contributed by atoms with Crippen LogP contribution in [0.5, 0.6) is 0 Å². The maximum absolute atomic E-state index is 5.09. The minimum absolute atomic E-state index is 0. The summed E-state index contributed by atoms with van der Waals surface area (Å²) >= 11 is 0. The van der Waals surface area contributed by atoms with E-state index in [2.05, 4.69) is 27.7 Å². The Kier molecular flexibility index (Phi) is 9.61. The molecule has 9 heavy (non-hydrogen) atoms. The van der Waals surface area contributed by atoms with Crippen LogP contribution in [0.15, 0.2) is 0 Å². The molecule has 50 valence electrons. The van der Waals surface area contributed by atoms with Gasteiger partial charge in [-0.1, -0.05) is 27.4 Å². The van der Waals surface area contributed by atoms with Crippen LogP contribution in [-0.2, 0) is 4.74 Å². The first kappa shape index (κ1) is 13.4. The fraction of sp³-hybridized carbons (Fsp3) is 0.857. The molecule has 0 fully saturated rings. The zero-order valence-corrected chi connectivity index (χ0v) is 11.9. The summed E-state index contributed by atoms with van der Waals surface area (Å²) in [6.07, 6.45) is 0. The van der Waals surface area contributed by atoms with Crippen LogP contribution < -0.4 is 58.2 Å². The van der Waals surface area contributed by atoms with Crippen LogP contribution in [0.25, 0.3) is 0 Å². The van der Waals surface area contributed by atoms with Crippen molar-refractivity contribution in [3.8, 4) is 0 Å². The van der Waals surface area contributed by atoms with Crippen molar-refractivity contribution in [3.05, 3.63) is 6.92 Å². The molecule has 0 aliphatic carbocycles. The third-order valence-electron chi connectivity index (χ3n) is 0.679. The topological polar surface area (TPSA) is 9.23 Å². The SMILES string of the molecule is [CH2-]COCC(C)(C)C.[Rb+]. The summed E-state index contributed by atoms with van der Waals surface area (Å²) < 4.78 is 5.09. The van der Waals surface area contributed by atoms with Gasteiger partial charge in [-0.3, -0.25) is 0 Å². The Morgan fingerprint density at radius 1 is 1.33 bits per heavy atom. The molecule has 0 aromatic rings. The van der Waals surface area contributed by atoms with E-state index in [0.29, 0.717) is 6.61 Å². The van der Waals surface area contributed by atoms with Gasteiger partial charge in [0.2, 0.25) is 0 Å². The Morgan fingerprint density at radius 3 is 1.89 bits per heavy atom.